The van der Waals surface area contributed by atoms with Gasteiger partial charge in [0.25, 0.3) is 0 Å². The van der Waals surface area contributed by atoms with Crippen molar-refractivity contribution in [1.82, 2.24) is 20.4 Å². The Hall–Kier alpha value is -0.900. The minimum absolute atomic E-state index is 0. The maximum atomic E-state index is 5.71. The second-order valence-corrected chi connectivity index (χ2v) is 7.69. The molecule has 7 heteroatoms. The van der Waals surface area contributed by atoms with Gasteiger partial charge in [-0.1, -0.05) is 31.2 Å². The lowest BCUT2D eigenvalue weighted by atomic mass is 10.1. The topological polar surface area (TPSA) is 52.1 Å². The van der Waals surface area contributed by atoms with Gasteiger partial charge in [-0.05, 0) is 37.4 Å². The quantitative estimate of drug-likeness (QED) is 0.317. The second kappa shape index (κ2) is 13.4. The van der Waals surface area contributed by atoms with E-state index < -0.39 is 0 Å². The molecule has 6 nitrogen and oxygen atoms in total. The molecule has 0 amide bonds. The van der Waals surface area contributed by atoms with Crippen LogP contribution in [0.25, 0.3) is 0 Å². The minimum Gasteiger partial charge on any atom is -0.376 e. The summed E-state index contributed by atoms with van der Waals surface area (Å²) in [6, 6.07) is 8.73. The highest BCUT2D eigenvalue weighted by atomic mass is 127. The molecule has 1 unspecified atom stereocenters. The molecule has 2 heterocycles. The van der Waals surface area contributed by atoms with Gasteiger partial charge in [0.05, 0.1) is 12.6 Å². The fourth-order valence-electron chi connectivity index (χ4n) is 3.89. The van der Waals surface area contributed by atoms with Crippen LogP contribution in [0.5, 0.6) is 0 Å². The lowest BCUT2D eigenvalue weighted by molar-refractivity contribution is 0.114. The largest absolute Gasteiger partial charge is 0.376 e. The molecule has 0 radical (unpaired) electrons. The van der Waals surface area contributed by atoms with Crippen LogP contribution in [-0.2, 0) is 17.8 Å². The predicted octanol–water partition coefficient (Wildman–Crippen LogP) is 2.68. The minimum atomic E-state index is 0. The van der Waals surface area contributed by atoms with Gasteiger partial charge >= 0.3 is 0 Å². The normalized spacial score (nSPS) is 21.0. The molecule has 0 bridgehead atoms. The van der Waals surface area contributed by atoms with Crippen molar-refractivity contribution in [2.45, 2.75) is 45.9 Å². The Morgan fingerprint density at radius 1 is 1.07 bits per heavy atom. The van der Waals surface area contributed by atoms with Crippen LogP contribution < -0.4 is 10.6 Å². The molecule has 1 aromatic rings. The van der Waals surface area contributed by atoms with Crippen LogP contribution in [-0.4, -0.2) is 74.3 Å². The number of aliphatic imine (C=N–C) groups is 1. The van der Waals surface area contributed by atoms with Crippen LogP contribution in [0.3, 0.4) is 0 Å². The fourth-order valence-corrected chi connectivity index (χ4v) is 3.89. The summed E-state index contributed by atoms with van der Waals surface area (Å²) in [5, 5.41) is 6.80. The van der Waals surface area contributed by atoms with Gasteiger partial charge in [0.15, 0.2) is 5.96 Å². The van der Waals surface area contributed by atoms with E-state index in [4.69, 9.17) is 9.73 Å². The first-order chi connectivity index (χ1) is 13.8. The number of nitrogens with zero attached hydrogens (tertiary/aromatic N) is 3. The summed E-state index contributed by atoms with van der Waals surface area (Å²) in [5.41, 5.74) is 2.71. The van der Waals surface area contributed by atoms with Gasteiger partial charge in [-0.25, -0.2) is 4.99 Å². The zero-order chi connectivity index (χ0) is 19.6. The van der Waals surface area contributed by atoms with E-state index in [1.165, 1.54) is 30.6 Å². The fraction of sp³-hybridized carbons (Fsp3) is 0.682. The van der Waals surface area contributed by atoms with Crippen LogP contribution in [0.1, 0.15) is 37.8 Å². The molecule has 3 rings (SSSR count). The molecular weight excluding hydrogens is 477 g/mol. The van der Waals surface area contributed by atoms with E-state index in [-0.39, 0.29) is 24.0 Å². The molecule has 0 saturated carbocycles. The molecule has 2 aliphatic rings. The lowest BCUT2D eigenvalue weighted by Gasteiger charge is -2.34. The first-order valence-corrected chi connectivity index (χ1v) is 10.9. The average molecular weight is 515 g/mol. The zero-order valence-corrected chi connectivity index (χ0v) is 20.4. The summed E-state index contributed by atoms with van der Waals surface area (Å²) < 4.78 is 5.71. The van der Waals surface area contributed by atoms with Crippen molar-refractivity contribution in [3.05, 3.63) is 35.4 Å². The molecule has 164 valence electrons. The number of hydrogen-bond acceptors (Lipinski definition) is 4. The number of rotatable bonds is 8. The Morgan fingerprint density at radius 3 is 2.45 bits per heavy atom. The van der Waals surface area contributed by atoms with Crippen molar-refractivity contribution in [1.29, 1.82) is 0 Å². The smallest absolute Gasteiger partial charge is 0.191 e. The van der Waals surface area contributed by atoms with Crippen molar-refractivity contribution < 1.29 is 4.74 Å². The van der Waals surface area contributed by atoms with Gasteiger partial charge in [0.1, 0.15) is 0 Å². The van der Waals surface area contributed by atoms with Crippen LogP contribution in [0.15, 0.2) is 29.3 Å². The Bertz CT molecular complexity index is 613. The van der Waals surface area contributed by atoms with E-state index in [0.29, 0.717) is 12.6 Å². The zero-order valence-electron chi connectivity index (χ0n) is 18.0. The highest BCUT2D eigenvalue weighted by molar-refractivity contribution is 14.0. The van der Waals surface area contributed by atoms with Gasteiger partial charge in [-0.15, -0.1) is 24.0 Å². The van der Waals surface area contributed by atoms with E-state index >= 15 is 0 Å². The molecule has 0 spiro atoms. The Labute approximate surface area is 193 Å². The number of benzene rings is 1. The summed E-state index contributed by atoms with van der Waals surface area (Å²) in [5.74, 6) is 0.879. The maximum absolute atomic E-state index is 5.71. The number of halogens is 1. The standard InChI is InChI=1S/C22H37N5O.HI/c1-3-23-22(25-17-21-10-7-15-28-21)24-16-19-8-5-6-9-20(19)18-27-13-11-26(4-2)12-14-27;/h5-6,8-9,21H,3-4,7,10-18H2,1-2H3,(H2,23,24,25);1H. The lowest BCUT2D eigenvalue weighted by Crippen LogP contribution is -2.45. The van der Waals surface area contributed by atoms with Crippen molar-refractivity contribution in [3.63, 3.8) is 0 Å². The summed E-state index contributed by atoms with van der Waals surface area (Å²) in [6.45, 7) is 14.5. The first-order valence-electron chi connectivity index (χ1n) is 10.9. The molecule has 29 heavy (non-hydrogen) atoms. The number of likely N-dealkylation sites (N-methyl/N-ethyl adjacent to an activating group) is 1. The molecular formula is C22H38IN5O. The summed E-state index contributed by atoms with van der Waals surface area (Å²) in [7, 11) is 0. The van der Waals surface area contributed by atoms with E-state index in [2.05, 4.69) is 58.5 Å². The van der Waals surface area contributed by atoms with Gasteiger partial charge in [-0.2, -0.15) is 0 Å². The molecule has 2 N–H and O–H groups in total. The third-order valence-electron chi connectivity index (χ3n) is 5.70. The number of hydrogen-bond donors (Lipinski definition) is 2. The molecule has 0 aliphatic carbocycles. The highest BCUT2D eigenvalue weighted by Gasteiger charge is 2.17. The summed E-state index contributed by atoms with van der Waals surface area (Å²) >= 11 is 0. The van der Waals surface area contributed by atoms with Crippen LogP contribution in [0, 0.1) is 0 Å². The van der Waals surface area contributed by atoms with Gasteiger partial charge in [-0.3, -0.25) is 4.90 Å². The number of ether oxygens (including phenoxy) is 1. The van der Waals surface area contributed by atoms with Gasteiger partial charge in [0.2, 0.25) is 0 Å². The van der Waals surface area contributed by atoms with E-state index in [1.54, 1.807) is 0 Å². The van der Waals surface area contributed by atoms with Crippen molar-refractivity contribution in [2.24, 2.45) is 4.99 Å². The van der Waals surface area contributed by atoms with Crippen LogP contribution in [0.2, 0.25) is 0 Å². The van der Waals surface area contributed by atoms with Crippen LogP contribution >= 0.6 is 24.0 Å². The Morgan fingerprint density at radius 2 is 1.79 bits per heavy atom. The Kier molecular flexibility index (Phi) is 11.3. The van der Waals surface area contributed by atoms with Crippen molar-refractivity contribution in [3.8, 4) is 0 Å². The Balaban J connectivity index is 0.00000300. The van der Waals surface area contributed by atoms with E-state index in [1.807, 2.05) is 0 Å². The summed E-state index contributed by atoms with van der Waals surface area (Å²) in [6.07, 6.45) is 2.62. The maximum Gasteiger partial charge on any atom is 0.191 e. The number of nitrogens with one attached hydrogen (secondary N) is 2. The predicted molar refractivity (Wildman–Crippen MR) is 131 cm³/mol. The third kappa shape index (κ3) is 8.03. The van der Waals surface area contributed by atoms with Crippen LogP contribution in [0.4, 0.5) is 0 Å². The molecule has 2 saturated heterocycles. The van der Waals surface area contributed by atoms with Crippen molar-refractivity contribution in [2.75, 3.05) is 52.4 Å². The van der Waals surface area contributed by atoms with E-state index in [9.17, 15) is 0 Å². The number of piperazine rings is 1. The number of guanidine groups is 1. The molecule has 1 aromatic carbocycles. The average Bonchev–Trinajstić information content (AvgIpc) is 3.25. The molecule has 1 atom stereocenters. The monoisotopic (exact) mass is 515 g/mol. The first kappa shape index (κ1) is 24.4. The third-order valence-corrected chi connectivity index (χ3v) is 5.70. The second-order valence-electron chi connectivity index (χ2n) is 7.69. The van der Waals surface area contributed by atoms with Gasteiger partial charge in [0, 0.05) is 52.4 Å². The SMILES string of the molecule is CCNC(=NCc1ccccc1CN1CCN(CC)CC1)NCC1CCCO1.I. The molecule has 2 fully saturated rings. The van der Waals surface area contributed by atoms with Gasteiger partial charge < -0.3 is 20.3 Å². The van der Waals surface area contributed by atoms with Crippen molar-refractivity contribution >= 4 is 29.9 Å². The molecule has 2 aliphatic heterocycles. The van der Waals surface area contributed by atoms with E-state index in [0.717, 1.165) is 58.3 Å². The highest BCUT2D eigenvalue weighted by Crippen LogP contribution is 2.15. The molecule has 0 aromatic heterocycles. The summed E-state index contributed by atoms with van der Waals surface area (Å²) in [4.78, 5) is 9.92.